The van der Waals surface area contributed by atoms with Gasteiger partial charge in [0.25, 0.3) is 5.92 Å². The summed E-state index contributed by atoms with van der Waals surface area (Å²) < 4.78 is 57.9. The van der Waals surface area contributed by atoms with E-state index in [-0.39, 0.29) is 31.4 Å². The van der Waals surface area contributed by atoms with Gasteiger partial charge in [0.05, 0.1) is 30.0 Å². The standard InChI is InChI=1S/C31H40F3N5O3S/c1-29(2,40)42-26-16-25(23-8-9-24-28(43-3)35-20-36-39(23)24)41-27(26)17-38-19-31(33,34)18-30(38)11-14-37(15-12-30)13-10-21-4-6-22(32)7-5-21/h4-9,20,25-27,40H,10-19H2,1-3H3/t25-,26+,27-/m1/s1. The Bertz CT molecular complexity index is 1410. The van der Waals surface area contributed by atoms with Crippen LogP contribution in [-0.4, -0.2) is 97.9 Å². The van der Waals surface area contributed by atoms with Gasteiger partial charge in [0, 0.05) is 31.5 Å². The Morgan fingerprint density at radius 2 is 1.88 bits per heavy atom. The molecule has 0 saturated carbocycles. The van der Waals surface area contributed by atoms with Crippen molar-refractivity contribution in [2.24, 2.45) is 0 Å². The Morgan fingerprint density at radius 3 is 2.58 bits per heavy atom. The predicted molar refractivity (Wildman–Crippen MR) is 158 cm³/mol. The molecule has 3 aliphatic rings. The van der Waals surface area contributed by atoms with Gasteiger partial charge in [-0.15, -0.1) is 11.8 Å². The van der Waals surface area contributed by atoms with E-state index in [1.165, 1.54) is 30.2 Å². The van der Waals surface area contributed by atoms with Crippen molar-refractivity contribution in [3.05, 3.63) is 59.8 Å². The molecule has 234 valence electrons. The SMILES string of the molecule is CSc1ncnn2c([C@H]3C[C@H](OC(C)(C)O)[C@@H](CN4CC(F)(F)CC45CCN(CCc4ccc(F)cc4)CC5)O3)ccc12. The van der Waals surface area contributed by atoms with E-state index in [4.69, 9.17) is 9.47 Å². The molecule has 1 N–H and O–H groups in total. The van der Waals surface area contributed by atoms with E-state index < -0.39 is 29.5 Å². The maximum atomic E-state index is 15.1. The van der Waals surface area contributed by atoms with E-state index >= 15 is 8.78 Å². The third-order valence-electron chi connectivity index (χ3n) is 9.11. The number of likely N-dealkylation sites (tertiary alicyclic amines) is 2. The molecule has 12 heteroatoms. The quantitative estimate of drug-likeness (QED) is 0.267. The van der Waals surface area contributed by atoms with Gasteiger partial charge < -0.3 is 19.5 Å². The number of alkyl halides is 2. The number of aromatic nitrogens is 3. The van der Waals surface area contributed by atoms with Gasteiger partial charge in [0.1, 0.15) is 23.3 Å². The lowest BCUT2D eigenvalue weighted by atomic mass is 9.84. The van der Waals surface area contributed by atoms with Gasteiger partial charge in [-0.3, -0.25) is 4.90 Å². The second kappa shape index (κ2) is 11.9. The first-order valence-corrected chi connectivity index (χ1v) is 16.2. The smallest absolute Gasteiger partial charge is 0.262 e. The Morgan fingerprint density at radius 1 is 1.14 bits per heavy atom. The number of benzene rings is 1. The van der Waals surface area contributed by atoms with Gasteiger partial charge in [-0.25, -0.2) is 22.7 Å². The molecule has 3 fully saturated rings. The van der Waals surface area contributed by atoms with Crippen LogP contribution >= 0.6 is 11.8 Å². The number of hydrogen-bond acceptors (Lipinski definition) is 8. The molecular weight excluding hydrogens is 579 g/mol. The molecule has 0 unspecified atom stereocenters. The molecular formula is C31H40F3N5O3S. The highest BCUT2D eigenvalue weighted by atomic mass is 32.2. The molecule has 0 aliphatic carbocycles. The minimum Gasteiger partial charge on any atom is -0.366 e. The lowest BCUT2D eigenvalue weighted by Crippen LogP contribution is -2.55. The number of ether oxygens (including phenoxy) is 2. The zero-order valence-electron chi connectivity index (χ0n) is 24.9. The molecule has 0 radical (unpaired) electrons. The highest BCUT2D eigenvalue weighted by molar-refractivity contribution is 7.98. The molecule has 1 aromatic carbocycles. The van der Waals surface area contributed by atoms with Gasteiger partial charge in [-0.2, -0.15) is 5.10 Å². The summed E-state index contributed by atoms with van der Waals surface area (Å²) in [5.41, 5.74) is 2.16. The second-order valence-corrected chi connectivity index (χ2v) is 13.5. The fraction of sp³-hybridized carbons (Fsp3) is 0.613. The molecule has 3 saturated heterocycles. The zero-order valence-corrected chi connectivity index (χ0v) is 25.7. The maximum Gasteiger partial charge on any atom is 0.262 e. The number of aliphatic hydroxyl groups is 1. The summed E-state index contributed by atoms with van der Waals surface area (Å²) in [6, 6.07) is 10.5. The number of halogens is 3. The normalized spacial score (nSPS) is 26.2. The van der Waals surface area contributed by atoms with E-state index in [1.54, 1.807) is 26.0 Å². The highest BCUT2D eigenvalue weighted by Crippen LogP contribution is 2.47. The fourth-order valence-corrected chi connectivity index (χ4v) is 7.61. The molecule has 5 heterocycles. The number of nitrogens with zero attached hydrogens (tertiary/aromatic N) is 5. The van der Waals surface area contributed by atoms with Gasteiger partial charge in [-0.05, 0) is 82.3 Å². The summed E-state index contributed by atoms with van der Waals surface area (Å²) in [6.45, 7) is 5.38. The first-order chi connectivity index (χ1) is 20.4. The highest BCUT2D eigenvalue weighted by Gasteiger charge is 2.56. The van der Waals surface area contributed by atoms with Crippen molar-refractivity contribution in [2.45, 2.75) is 86.5 Å². The first kappa shape index (κ1) is 30.8. The third-order valence-corrected chi connectivity index (χ3v) is 9.81. The molecule has 6 rings (SSSR count). The number of thioether (sulfide) groups is 1. The summed E-state index contributed by atoms with van der Waals surface area (Å²) in [6.07, 6.45) is 4.46. The number of piperidine rings is 1. The summed E-state index contributed by atoms with van der Waals surface area (Å²) in [7, 11) is 0. The average Bonchev–Trinajstić information content (AvgIpc) is 3.62. The summed E-state index contributed by atoms with van der Waals surface area (Å²) >= 11 is 1.53. The fourth-order valence-electron chi connectivity index (χ4n) is 7.09. The van der Waals surface area contributed by atoms with Gasteiger partial charge in [0.15, 0.2) is 5.79 Å². The van der Waals surface area contributed by atoms with Crippen molar-refractivity contribution in [1.29, 1.82) is 0 Å². The van der Waals surface area contributed by atoms with E-state index in [1.807, 2.05) is 27.8 Å². The monoisotopic (exact) mass is 619 g/mol. The van der Waals surface area contributed by atoms with E-state index in [0.717, 1.165) is 47.9 Å². The number of rotatable bonds is 9. The van der Waals surface area contributed by atoms with Crippen LogP contribution in [0.5, 0.6) is 0 Å². The predicted octanol–water partition coefficient (Wildman–Crippen LogP) is 4.95. The summed E-state index contributed by atoms with van der Waals surface area (Å²) in [4.78, 5) is 8.59. The Hall–Kier alpha value is -2.22. The van der Waals surface area contributed by atoms with E-state index in [2.05, 4.69) is 15.0 Å². The van der Waals surface area contributed by atoms with Crippen LogP contribution in [0, 0.1) is 5.82 Å². The molecule has 1 spiro atoms. The van der Waals surface area contributed by atoms with Crippen LogP contribution in [0.1, 0.15) is 56.9 Å². The number of hydrogen-bond donors (Lipinski definition) is 1. The van der Waals surface area contributed by atoms with Crippen LogP contribution in [-0.2, 0) is 15.9 Å². The first-order valence-electron chi connectivity index (χ1n) is 15.0. The van der Waals surface area contributed by atoms with Crippen LogP contribution < -0.4 is 0 Å². The Kier molecular flexibility index (Phi) is 8.55. The molecule has 3 atom stereocenters. The second-order valence-electron chi connectivity index (χ2n) is 12.7. The molecule has 3 aromatic rings. The van der Waals surface area contributed by atoms with Gasteiger partial charge in [0.2, 0.25) is 0 Å². The van der Waals surface area contributed by atoms with Crippen LogP contribution in [0.2, 0.25) is 0 Å². The van der Waals surface area contributed by atoms with Crippen molar-refractivity contribution in [1.82, 2.24) is 24.4 Å². The molecule has 0 amide bonds. The molecule has 0 bridgehead atoms. The van der Waals surface area contributed by atoms with Gasteiger partial charge >= 0.3 is 0 Å². The topological polar surface area (TPSA) is 75.4 Å². The minimum atomic E-state index is -2.79. The van der Waals surface area contributed by atoms with E-state index in [0.29, 0.717) is 19.3 Å². The maximum absolute atomic E-state index is 15.1. The number of fused-ring (bicyclic) bond motifs is 1. The Labute approximate surface area is 254 Å². The Balaban J connectivity index is 1.17. The molecule has 8 nitrogen and oxygen atoms in total. The van der Waals surface area contributed by atoms with Crippen molar-refractivity contribution >= 4 is 17.3 Å². The lowest BCUT2D eigenvalue weighted by Gasteiger charge is -2.45. The van der Waals surface area contributed by atoms with E-state index in [9.17, 15) is 9.50 Å². The van der Waals surface area contributed by atoms with Crippen LogP contribution in [0.25, 0.3) is 5.52 Å². The molecule has 3 aliphatic heterocycles. The van der Waals surface area contributed by atoms with Crippen molar-refractivity contribution < 1.29 is 27.8 Å². The minimum absolute atomic E-state index is 0.170. The zero-order chi connectivity index (χ0) is 30.4. The van der Waals surface area contributed by atoms with Crippen LogP contribution in [0.15, 0.2) is 47.8 Å². The van der Waals surface area contributed by atoms with Gasteiger partial charge in [-0.1, -0.05) is 12.1 Å². The van der Waals surface area contributed by atoms with Crippen molar-refractivity contribution in [3.63, 3.8) is 0 Å². The summed E-state index contributed by atoms with van der Waals surface area (Å²) in [5.74, 6) is -4.44. The largest absolute Gasteiger partial charge is 0.366 e. The molecule has 43 heavy (non-hydrogen) atoms. The molecule has 2 aromatic heterocycles. The van der Waals surface area contributed by atoms with Crippen molar-refractivity contribution in [3.8, 4) is 0 Å². The summed E-state index contributed by atoms with van der Waals surface area (Å²) in [5, 5.41) is 15.8. The average molecular weight is 620 g/mol. The third kappa shape index (κ3) is 6.74. The van der Waals surface area contributed by atoms with Crippen molar-refractivity contribution in [2.75, 3.05) is 39.0 Å². The van der Waals surface area contributed by atoms with Crippen LogP contribution in [0.3, 0.4) is 0 Å². The lowest BCUT2D eigenvalue weighted by molar-refractivity contribution is -0.216. The van der Waals surface area contributed by atoms with Crippen LogP contribution in [0.4, 0.5) is 13.2 Å².